The molecule has 166 valence electrons. The average Bonchev–Trinajstić information content (AvgIpc) is 2.81. The molecule has 1 aromatic heterocycles. The summed E-state index contributed by atoms with van der Waals surface area (Å²) in [7, 11) is 1.78. The van der Waals surface area contributed by atoms with Crippen molar-refractivity contribution in [3.63, 3.8) is 0 Å². The van der Waals surface area contributed by atoms with E-state index < -0.39 is 0 Å². The summed E-state index contributed by atoms with van der Waals surface area (Å²) in [5.41, 5.74) is 1.35. The van der Waals surface area contributed by atoms with Gasteiger partial charge in [-0.05, 0) is 81.8 Å². The fourth-order valence-electron chi connectivity index (χ4n) is 5.54. The number of pyridine rings is 1. The Hall–Kier alpha value is -1.50. The summed E-state index contributed by atoms with van der Waals surface area (Å²) in [6, 6.07) is 4.87. The minimum atomic E-state index is 0.201. The summed E-state index contributed by atoms with van der Waals surface area (Å²) in [5.74, 6) is 1.23. The number of nitrogens with zero attached hydrogens (tertiary/aromatic N) is 4. The zero-order valence-electron chi connectivity index (χ0n) is 18.5. The molecule has 0 unspecified atom stereocenters. The van der Waals surface area contributed by atoms with Crippen molar-refractivity contribution in [1.29, 1.82) is 0 Å². The van der Waals surface area contributed by atoms with Crippen LogP contribution >= 0.6 is 0 Å². The van der Waals surface area contributed by atoms with Gasteiger partial charge in [-0.15, -0.1) is 0 Å². The third-order valence-electron chi connectivity index (χ3n) is 7.36. The molecule has 0 aliphatic carbocycles. The summed E-state index contributed by atoms with van der Waals surface area (Å²) in [6.45, 7) is 8.10. The third-order valence-corrected chi connectivity index (χ3v) is 7.36. The Kier molecular flexibility index (Phi) is 7.74. The normalized spacial score (nSPS) is 25.5. The average molecular weight is 415 g/mol. The molecule has 0 aromatic carbocycles. The van der Waals surface area contributed by atoms with Crippen LogP contribution in [-0.2, 0) is 16.1 Å². The number of carbonyl (C=O) groups is 1. The highest BCUT2D eigenvalue weighted by Crippen LogP contribution is 2.27. The van der Waals surface area contributed by atoms with Gasteiger partial charge in [-0.2, -0.15) is 0 Å². The minimum Gasteiger partial charge on any atom is -0.384 e. The highest BCUT2D eigenvalue weighted by Gasteiger charge is 2.34. The van der Waals surface area contributed by atoms with Crippen molar-refractivity contribution in [3.8, 4) is 0 Å². The van der Waals surface area contributed by atoms with E-state index in [4.69, 9.17) is 4.74 Å². The highest BCUT2D eigenvalue weighted by molar-refractivity contribution is 5.79. The Morgan fingerprint density at radius 3 is 2.47 bits per heavy atom. The van der Waals surface area contributed by atoms with Crippen LogP contribution in [0.3, 0.4) is 0 Å². The first-order valence-electron chi connectivity index (χ1n) is 11.9. The van der Waals surface area contributed by atoms with Crippen LogP contribution < -0.4 is 0 Å². The first kappa shape index (κ1) is 21.7. The van der Waals surface area contributed by atoms with Crippen LogP contribution in [-0.4, -0.2) is 84.6 Å². The summed E-state index contributed by atoms with van der Waals surface area (Å²) >= 11 is 0. The van der Waals surface area contributed by atoms with Crippen molar-refractivity contribution in [2.24, 2.45) is 11.8 Å². The van der Waals surface area contributed by atoms with Crippen LogP contribution in [0.2, 0.25) is 0 Å². The van der Waals surface area contributed by atoms with Crippen molar-refractivity contribution < 1.29 is 9.53 Å². The van der Waals surface area contributed by atoms with Crippen molar-refractivity contribution in [1.82, 2.24) is 19.7 Å². The van der Waals surface area contributed by atoms with E-state index in [1.165, 1.54) is 18.4 Å². The van der Waals surface area contributed by atoms with E-state index in [-0.39, 0.29) is 5.92 Å². The maximum absolute atomic E-state index is 13.2. The zero-order valence-corrected chi connectivity index (χ0v) is 18.5. The number of methoxy groups -OCH3 is 1. The SMILES string of the molecule is COCC1CCN(C(=O)[C@H]2CCCN(C3CCN(Cc4ccncc4)CC3)C2)CC1. The van der Waals surface area contributed by atoms with Crippen LogP contribution in [0.25, 0.3) is 0 Å². The van der Waals surface area contributed by atoms with Gasteiger partial charge >= 0.3 is 0 Å². The number of amides is 1. The summed E-state index contributed by atoms with van der Waals surface area (Å²) in [4.78, 5) is 24.6. The third kappa shape index (κ3) is 5.59. The van der Waals surface area contributed by atoms with Gasteiger partial charge in [0.25, 0.3) is 0 Å². The van der Waals surface area contributed by atoms with Gasteiger partial charge in [0.15, 0.2) is 0 Å². The molecule has 0 spiro atoms. The molecule has 0 radical (unpaired) electrons. The molecule has 3 aliphatic heterocycles. The maximum atomic E-state index is 13.2. The second-order valence-corrected chi connectivity index (χ2v) is 9.42. The lowest BCUT2D eigenvalue weighted by atomic mass is 9.91. The van der Waals surface area contributed by atoms with E-state index in [0.717, 1.165) is 78.1 Å². The van der Waals surface area contributed by atoms with Gasteiger partial charge in [0.05, 0.1) is 5.92 Å². The van der Waals surface area contributed by atoms with Crippen molar-refractivity contribution >= 4 is 5.91 Å². The number of piperidine rings is 3. The lowest BCUT2D eigenvalue weighted by Crippen LogP contribution is -2.52. The van der Waals surface area contributed by atoms with E-state index in [1.807, 2.05) is 12.4 Å². The fraction of sp³-hybridized carbons (Fsp3) is 0.750. The Morgan fingerprint density at radius 2 is 1.77 bits per heavy atom. The van der Waals surface area contributed by atoms with Crippen LogP contribution in [0.15, 0.2) is 24.5 Å². The van der Waals surface area contributed by atoms with Crippen LogP contribution in [0.5, 0.6) is 0 Å². The number of rotatable bonds is 6. The van der Waals surface area contributed by atoms with E-state index in [1.54, 1.807) is 7.11 Å². The molecule has 0 bridgehead atoms. The topological polar surface area (TPSA) is 48.9 Å². The first-order chi connectivity index (χ1) is 14.7. The van der Waals surface area contributed by atoms with Crippen LogP contribution in [0, 0.1) is 11.8 Å². The number of hydrogen-bond acceptors (Lipinski definition) is 5. The second-order valence-electron chi connectivity index (χ2n) is 9.42. The number of likely N-dealkylation sites (tertiary alicyclic amines) is 3. The zero-order chi connectivity index (χ0) is 20.8. The minimum absolute atomic E-state index is 0.201. The van der Waals surface area contributed by atoms with E-state index in [9.17, 15) is 4.79 Å². The second kappa shape index (κ2) is 10.7. The van der Waals surface area contributed by atoms with E-state index in [0.29, 0.717) is 17.9 Å². The standard InChI is InChI=1S/C24H38N4O2/c1-30-19-21-6-15-27(16-7-21)24(29)22-3-2-12-28(18-22)23-8-13-26(14-9-23)17-20-4-10-25-11-5-20/h4-5,10-11,21-23H,2-3,6-9,12-19H2,1H3/t22-/m0/s1. The molecule has 3 fully saturated rings. The summed E-state index contributed by atoms with van der Waals surface area (Å²) < 4.78 is 5.30. The Bertz CT molecular complexity index is 654. The lowest BCUT2D eigenvalue weighted by molar-refractivity contribution is -0.139. The number of carbonyl (C=O) groups excluding carboxylic acids is 1. The smallest absolute Gasteiger partial charge is 0.226 e. The van der Waals surface area contributed by atoms with Gasteiger partial charge in [0, 0.05) is 58.3 Å². The number of ether oxygens (including phenoxy) is 1. The van der Waals surface area contributed by atoms with Gasteiger partial charge < -0.3 is 9.64 Å². The molecule has 1 aromatic rings. The lowest BCUT2D eigenvalue weighted by Gasteiger charge is -2.43. The summed E-state index contributed by atoms with van der Waals surface area (Å²) in [5, 5.41) is 0. The van der Waals surface area contributed by atoms with Gasteiger partial charge in [0.2, 0.25) is 5.91 Å². The van der Waals surface area contributed by atoms with Gasteiger partial charge in [-0.1, -0.05) is 0 Å². The molecule has 0 N–H and O–H groups in total. The molecule has 4 rings (SSSR count). The largest absolute Gasteiger partial charge is 0.384 e. The monoisotopic (exact) mass is 414 g/mol. The number of aromatic nitrogens is 1. The van der Waals surface area contributed by atoms with E-state index in [2.05, 4.69) is 31.8 Å². The Labute approximate surface area is 181 Å². The van der Waals surface area contributed by atoms with Crippen LogP contribution in [0.1, 0.15) is 44.1 Å². The molecule has 30 heavy (non-hydrogen) atoms. The number of hydrogen-bond donors (Lipinski definition) is 0. The van der Waals surface area contributed by atoms with Crippen molar-refractivity contribution in [2.75, 3.05) is 53.0 Å². The Balaban J connectivity index is 1.23. The molecule has 1 amide bonds. The molecule has 4 heterocycles. The van der Waals surface area contributed by atoms with Crippen molar-refractivity contribution in [3.05, 3.63) is 30.1 Å². The van der Waals surface area contributed by atoms with Gasteiger partial charge in [-0.25, -0.2) is 0 Å². The molecule has 6 heteroatoms. The van der Waals surface area contributed by atoms with E-state index >= 15 is 0 Å². The fourth-order valence-corrected chi connectivity index (χ4v) is 5.54. The molecule has 1 atom stereocenters. The molecular formula is C24H38N4O2. The van der Waals surface area contributed by atoms with Crippen LogP contribution in [0.4, 0.5) is 0 Å². The molecule has 3 saturated heterocycles. The molecule has 6 nitrogen and oxygen atoms in total. The predicted octanol–water partition coefficient (Wildman–Crippen LogP) is 2.64. The maximum Gasteiger partial charge on any atom is 0.226 e. The van der Waals surface area contributed by atoms with Gasteiger partial charge in [0.1, 0.15) is 0 Å². The highest BCUT2D eigenvalue weighted by atomic mass is 16.5. The molecule has 0 saturated carbocycles. The first-order valence-corrected chi connectivity index (χ1v) is 11.9. The molecule has 3 aliphatic rings. The quantitative estimate of drug-likeness (QED) is 0.716. The predicted molar refractivity (Wildman–Crippen MR) is 118 cm³/mol. The molecular weight excluding hydrogens is 376 g/mol. The van der Waals surface area contributed by atoms with Crippen molar-refractivity contribution in [2.45, 2.75) is 51.1 Å². The Morgan fingerprint density at radius 1 is 1.03 bits per heavy atom. The van der Waals surface area contributed by atoms with Gasteiger partial charge in [-0.3, -0.25) is 19.6 Å². The summed E-state index contributed by atoms with van der Waals surface area (Å²) in [6.07, 6.45) is 10.6.